The molecule has 0 aliphatic heterocycles. The van der Waals surface area contributed by atoms with Crippen molar-refractivity contribution in [1.29, 1.82) is 5.41 Å². The second-order valence-electron chi connectivity index (χ2n) is 4.77. The van der Waals surface area contributed by atoms with Crippen LogP contribution in [0.25, 0.3) is 0 Å². The molecular weight excluding hydrogens is 229 g/mol. The Morgan fingerprint density at radius 1 is 1.44 bits per heavy atom. The molecule has 2 rings (SSSR count). The highest BCUT2D eigenvalue weighted by Crippen LogP contribution is 2.31. The van der Waals surface area contributed by atoms with Crippen LogP contribution in [0, 0.1) is 11.2 Å². The number of nitrogens with one attached hydrogen (secondary N) is 1. The van der Waals surface area contributed by atoms with Crippen molar-refractivity contribution in [3.63, 3.8) is 0 Å². The van der Waals surface area contributed by atoms with Crippen LogP contribution in [0.3, 0.4) is 0 Å². The first-order chi connectivity index (χ1) is 8.65. The van der Waals surface area contributed by atoms with Gasteiger partial charge in [-0.25, -0.2) is 4.39 Å². The molecule has 0 radical (unpaired) electrons. The van der Waals surface area contributed by atoms with Crippen LogP contribution in [-0.2, 0) is 0 Å². The van der Waals surface area contributed by atoms with Crippen LogP contribution in [0.15, 0.2) is 18.2 Å². The summed E-state index contributed by atoms with van der Waals surface area (Å²) in [7, 11) is 0. The van der Waals surface area contributed by atoms with E-state index in [0.717, 1.165) is 25.1 Å². The second kappa shape index (κ2) is 5.38. The summed E-state index contributed by atoms with van der Waals surface area (Å²) in [6, 6.07) is 5.37. The molecule has 0 bridgehead atoms. The van der Waals surface area contributed by atoms with Gasteiger partial charge in [0.25, 0.3) is 0 Å². The highest BCUT2D eigenvalue weighted by Gasteiger charge is 2.25. The first-order valence-corrected chi connectivity index (χ1v) is 6.54. The molecule has 0 spiro atoms. The lowest BCUT2D eigenvalue weighted by atomic mass is 10.1. The van der Waals surface area contributed by atoms with Gasteiger partial charge < -0.3 is 10.6 Å². The topological polar surface area (TPSA) is 53.1 Å². The third-order valence-electron chi connectivity index (χ3n) is 3.68. The fourth-order valence-corrected chi connectivity index (χ4v) is 2.86. The summed E-state index contributed by atoms with van der Waals surface area (Å²) in [6.45, 7) is 2.88. The van der Waals surface area contributed by atoms with Gasteiger partial charge in [0.15, 0.2) is 0 Å². The van der Waals surface area contributed by atoms with Crippen molar-refractivity contribution in [3.8, 4) is 0 Å². The number of anilines is 1. The number of halogens is 1. The number of nitrogen functional groups attached to an aromatic ring is 1. The molecule has 0 aromatic heterocycles. The minimum Gasteiger partial charge on any atom is -0.384 e. The smallest absolute Gasteiger partial charge is 0.136 e. The van der Waals surface area contributed by atoms with Gasteiger partial charge in [-0.3, -0.25) is 5.41 Å². The Morgan fingerprint density at radius 3 is 2.67 bits per heavy atom. The summed E-state index contributed by atoms with van der Waals surface area (Å²) in [4.78, 5) is 2.19. The van der Waals surface area contributed by atoms with Crippen LogP contribution in [0.2, 0.25) is 0 Å². The molecule has 0 atom stereocenters. The summed E-state index contributed by atoms with van der Waals surface area (Å²) in [5.74, 6) is -0.601. The summed E-state index contributed by atoms with van der Waals surface area (Å²) < 4.78 is 13.8. The Bertz CT molecular complexity index is 439. The van der Waals surface area contributed by atoms with Gasteiger partial charge in [-0.15, -0.1) is 0 Å². The van der Waals surface area contributed by atoms with Crippen LogP contribution in [0.1, 0.15) is 38.2 Å². The summed E-state index contributed by atoms with van der Waals surface area (Å²) in [5, 5.41) is 7.57. The van der Waals surface area contributed by atoms with Gasteiger partial charge >= 0.3 is 0 Å². The highest BCUT2D eigenvalue weighted by atomic mass is 19.1. The van der Waals surface area contributed by atoms with Gasteiger partial charge in [0.1, 0.15) is 11.7 Å². The van der Waals surface area contributed by atoms with E-state index in [9.17, 15) is 4.39 Å². The van der Waals surface area contributed by atoms with Crippen molar-refractivity contribution in [2.75, 3.05) is 11.4 Å². The third kappa shape index (κ3) is 2.33. The van der Waals surface area contributed by atoms with Crippen molar-refractivity contribution in [3.05, 3.63) is 29.6 Å². The molecule has 1 fully saturated rings. The van der Waals surface area contributed by atoms with Crippen molar-refractivity contribution in [1.82, 2.24) is 0 Å². The van der Waals surface area contributed by atoms with Gasteiger partial charge in [0, 0.05) is 12.6 Å². The Labute approximate surface area is 107 Å². The average molecular weight is 249 g/mol. The van der Waals surface area contributed by atoms with Crippen LogP contribution in [0.5, 0.6) is 0 Å². The van der Waals surface area contributed by atoms with Crippen LogP contribution in [0.4, 0.5) is 10.1 Å². The van der Waals surface area contributed by atoms with Gasteiger partial charge in [-0.05, 0) is 31.9 Å². The molecule has 1 aliphatic carbocycles. The largest absolute Gasteiger partial charge is 0.384 e. The number of hydrogen-bond donors (Lipinski definition) is 2. The molecule has 0 saturated heterocycles. The van der Waals surface area contributed by atoms with E-state index in [2.05, 4.69) is 11.8 Å². The minimum absolute atomic E-state index is 0.195. The Hall–Kier alpha value is -1.58. The Morgan fingerprint density at radius 2 is 2.11 bits per heavy atom. The number of rotatable bonds is 4. The zero-order valence-electron chi connectivity index (χ0n) is 10.7. The first-order valence-electron chi connectivity index (χ1n) is 6.54. The van der Waals surface area contributed by atoms with E-state index in [0.29, 0.717) is 6.04 Å². The summed E-state index contributed by atoms with van der Waals surface area (Å²) in [6.07, 6.45) is 4.74. The van der Waals surface area contributed by atoms with E-state index in [1.165, 1.54) is 18.9 Å². The third-order valence-corrected chi connectivity index (χ3v) is 3.68. The maximum Gasteiger partial charge on any atom is 0.136 e. The maximum absolute atomic E-state index is 13.8. The number of nitrogens with two attached hydrogens (primary N) is 1. The zero-order chi connectivity index (χ0) is 13.1. The SMILES string of the molecule is CCN(c1cccc(F)c1C(=N)N)C1CCCC1. The predicted molar refractivity (Wildman–Crippen MR) is 72.7 cm³/mol. The van der Waals surface area contributed by atoms with Gasteiger partial charge in [-0.1, -0.05) is 18.9 Å². The van der Waals surface area contributed by atoms with E-state index in [4.69, 9.17) is 11.1 Å². The van der Waals surface area contributed by atoms with Crippen LogP contribution < -0.4 is 10.6 Å². The van der Waals surface area contributed by atoms with Gasteiger partial charge in [0.05, 0.1) is 11.3 Å². The predicted octanol–water partition coefficient (Wildman–Crippen LogP) is 2.88. The summed E-state index contributed by atoms with van der Waals surface area (Å²) >= 11 is 0. The molecule has 0 unspecified atom stereocenters. The van der Waals surface area contributed by atoms with Crippen molar-refractivity contribution >= 4 is 11.5 Å². The molecule has 3 nitrogen and oxygen atoms in total. The molecule has 18 heavy (non-hydrogen) atoms. The average Bonchev–Trinajstić information content (AvgIpc) is 2.83. The monoisotopic (exact) mass is 249 g/mol. The molecule has 1 aromatic rings. The fraction of sp³-hybridized carbons (Fsp3) is 0.500. The van der Waals surface area contributed by atoms with E-state index in [1.54, 1.807) is 6.07 Å². The molecule has 1 aromatic carbocycles. The normalized spacial score (nSPS) is 15.9. The number of amidine groups is 1. The number of hydrogen-bond acceptors (Lipinski definition) is 2. The maximum atomic E-state index is 13.8. The van der Waals surface area contributed by atoms with E-state index >= 15 is 0 Å². The molecular formula is C14H20FN3. The van der Waals surface area contributed by atoms with E-state index < -0.39 is 5.82 Å². The van der Waals surface area contributed by atoms with E-state index in [1.807, 2.05) is 6.07 Å². The molecule has 98 valence electrons. The van der Waals surface area contributed by atoms with Crippen LogP contribution >= 0.6 is 0 Å². The van der Waals surface area contributed by atoms with Gasteiger partial charge in [-0.2, -0.15) is 0 Å². The highest BCUT2D eigenvalue weighted by molar-refractivity contribution is 6.00. The first kappa shape index (κ1) is 12.9. The second-order valence-corrected chi connectivity index (χ2v) is 4.77. The lowest BCUT2D eigenvalue weighted by Gasteiger charge is -2.31. The zero-order valence-corrected chi connectivity index (χ0v) is 10.7. The molecule has 0 heterocycles. The Balaban J connectivity index is 2.41. The lowest BCUT2D eigenvalue weighted by Crippen LogP contribution is -2.35. The molecule has 4 heteroatoms. The molecule has 1 aliphatic rings. The number of benzene rings is 1. The fourth-order valence-electron chi connectivity index (χ4n) is 2.86. The lowest BCUT2D eigenvalue weighted by molar-refractivity contribution is 0.604. The summed E-state index contributed by atoms with van der Waals surface area (Å²) in [5.41, 5.74) is 6.53. The van der Waals surface area contributed by atoms with Crippen molar-refractivity contribution in [2.24, 2.45) is 5.73 Å². The van der Waals surface area contributed by atoms with Gasteiger partial charge in [0.2, 0.25) is 0 Å². The molecule has 1 saturated carbocycles. The minimum atomic E-state index is -0.406. The van der Waals surface area contributed by atoms with Crippen LogP contribution in [-0.4, -0.2) is 18.4 Å². The van der Waals surface area contributed by atoms with Crippen molar-refractivity contribution < 1.29 is 4.39 Å². The standard InChI is InChI=1S/C14H20FN3/c1-2-18(10-6-3-4-7-10)12-9-5-8-11(15)13(12)14(16)17/h5,8-10H,2-4,6-7H2,1H3,(H3,16,17). The number of nitrogens with zero attached hydrogens (tertiary/aromatic N) is 1. The van der Waals surface area contributed by atoms with E-state index in [-0.39, 0.29) is 11.4 Å². The molecule has 3 N–H and O–H groups in total. The Kier molecular flexibility index (Phi) is 3.84. The van der Waals surface area contributed by atoms with Crippen molar-refractivity contribution in [2.45, 2.75) is 38.6 Å². The molecule has 0 amide bonds. The quantitative estimate of drug-likeness (QED) is 0.637.